The summed E-state index contributed by atoms with van der Waals surface area (Å²) in [6.45, 7) is 2.83. The second kappa shape index (κ2) is 15.0. The topological polar surface area (TPSA) is 174 Å². The summed E-state index contributed by atoms with van der Waals surface area (Å²) < 4.78 is 63.5. The van der Waals surface area contributed by atoms with E-state index in [0.29, 0.717) is 12.5 Å². The van der Waals surface area contributed by atoms with Gasteiger partial charge in [0, 0.05) is 23.8 Å². The summed E-state index contributed by atoms with van der Waals surface area (Å²) >= 11 is 0. The molecule has 3 atom stereocenters. The Morgan fingerprint density at radius 3 is 2.12 bits per heavy atom. The van der Waals surface area contributed by atoms with E-state index in [-0.39, 0.29) is 17.9 Å². The third-order valence-corrected chi connectivity index (χ3v) is 5.89. The summed E-state index contributed by atoms with van der Waals surface area (Å²) in [4.78, 5) is 50.0. The van der Waals surface area contributed by atoms with Gasteiger partial charge in [-0.15, -0.1) is 0 Å². The van der Waals surface area contributed by atoms with Crippen molar-refractivity contribution < 1.29 is 55.7 Å². The van der Waals surface area contributed by atoms with Gasteiger partial charge in [-0.3, -0.25) is 14.6 Å². The average Bonchev–Trinajstić information content (AvgIpc) is 3.59. The molecule has 234 valence electrons. The van der Waals surface area contributed by atoms with Crippen molar-refractivity contribution in [2.75, 3.05) is 6.54 Å². The van der Waals surface area contributed by atoms with Crippen LogP contribution >= 0.6 is 0 Å². The fraction of sp³-hybridized carbons (Fsp3) is 0.346. The van der Waals surface area contributed by atoms with Crippen LogP contribution in [-0.2, 0) is 25.7 Å². The largest absolute Gasteiger partial charge is 0.490 e. The van der Waals surface area contributed by atoms with Crippen molar-refractivity contribution in [1.29, 1.82) is 0 Å². The fourth-order valence-electron chi connectivity index (χ4n) is 3.76. The molecular formula is C26H27F6N5O6. The lowest BCUT2D eigenvalue weighted by Gasteiger charge is -2.17. The normalized spacial score (nSPS) is 17.0. The molecule has 1 aliphatic heterocycles. The first kappa shape index (κ1) is 34.5. The molecule has 2 aromatic heterocycles. The zero-order valence-electron chi connectivity index (χ0n) is 22.3. The number of alkyl halides is 6. The number of amides is 2. The van der Waals surface area contributed by atoms with Crippen LogP contribution in [0, 0.1) is 0 Å². The highest BCUT2D eigenvalue weighted by atomic mass is 19.4. The zero-order chi connectivity index (χ0) is 32.4. The van der Waals surface area contributed by atoms with Gasteiger partial charge in [0.05, 0.1) is 24.3 Å². The molecule has 0 radical (unpaired) electrons. The Morgan fingerprint density at radius 1 is 1.00 bits per heavy atom. The number of H-pyrrole nitrogens is 1. The van der Waals surface area contributed by atoms with Gasteiger partial charge in [0.25, 0.3) is 0 Å². The number of hydrogen-bond donors (Lipinski definition) is 6. The molecule has 1 aromatic carbocycles. The molecule has 0 bridgehead atoms. The van der Waals surface area contributed by atoms with Crippen LogP contribution in [0.15, 0.2) is 54.9 Å². The van der Waals surface area contributed by atoms with Crippen LogP contribution < -0.4 is 16.0 Å². The number of aromatic amines is 1. The van der Waals surface area contributed by atoms with Crippen LogP contribution in [0.25, 0.3) is 10.9 Å². The zero-order valence-corrected chi connectivity index (χ0v) is 22.3. The maximum atomic E-state index is 12.6. The third kappa shape index (κ3) is 11.3. The Labute approximate surface area is 239 Å². The predicted molar refractivity (Wildman–Crippen MR) is 139 cm³/mol. The van der Waals surface area contributed by atoms with Crippen LogP contribution in [0.4, 0.5) is 26.3 Å². The lowest BCUT2D eigenvalue weighted by atomic mass is 9.96. The van der Waals surface area contributed by atoms with E-state index in [4.69, 9.17) is 19.8 Å². The molecule has 2 amide bonds. The smallest absolute Gasteiger partial charge is 0.475 e. The van der Waals surface area contributed by atoms with Crippen LogP contribution in [0.1, 0.15) is 30.5 Å². The molecule has 17 heteroatoms. The van der Waals surface area contributed by atoms with Crippen molar-refractivity contribution in [3.8, 4) is 0 Å². The highest BCUT2D eigenvalue weighted by Gasteiger charge is 2.39. The number of rotatable bonds is 6. The number of carboxylic acids is 2. The summed E-state index contributed by atoms with van der Waals surface area (Å²) in [6, 6.07) is 13.2. The van der Waals surface area contributed by atoms with Gasteiger partial charge in [-0.05, 0) is 37.0 Å². The number of nitrogens with zero attached hydrogens (tertiary/aromatic N) is 1. The number of aliphatic carboxylic acids is 2. The standard InChI is InChI=1S/C22H25N5O2.2C2HF3O2/c1-14(21(28)25-12-18-9-16-7-8-23-13-20(16)27-18)26-22(29)19-10-17(11-24-19)15-5-3-2-4-6-15;2*3-2(4,5)1(6)7/h2-9,13-14,17,19,24,27H,10-12H2,1H3,(H,25,28)(H,26,29);2*(H,6,7)/t14?,17-,19+;;/m0../s1. The van der Waals surface area contributed by atoms with E-state index < -0.39 is 30.3 Å². The second-order valence-corrected chi connectivity index (χ2v) is 9.12. The average molecular weight is 620 g/mol. The first-order valence-corrected chi connectivity index (χ1v) is 12.4. The lowest BCUT2D eigenvalue weighted by molar-refractivity contribution is -0.193. The summed E-state index contributed by atoms with van der Waals surface area (Å²) in [5.74, 6) is -5.55. The molecule has 1 fully saturated rings. The van der Waals surface area contributed by atoms with E-state index in [1.165, 1.54) is 5.56 Å². The van der Waals surface area contributed by atoms with Crippen LogP contribution in [0.3, 0.4) is 0 Å². The van der Waals surface area contributed by atoms with Crippen molar-refractivity contribution in [2.24, 2.45) is 0 Å². The molecule has 6 N–H and O–H groups in total. The first-order valence-electron chi connectivity index (χ1n) is 12.4. The van der Waals surface area contributed by atoms with E-state index in [2.05, 4.69) is 38.1 Å². The van der Waals surface area contributed by atoms with Crippen molar-refractivity contribution in [3.63, 3.8) is 0 Å². The van der Waals surface area contributed by atoms with Crippen molar-refractivity contribution in [1.82, 2.24) is 25.9 Å². The number of carbonyl (C=O) groups is 4. The highest BCUT2D eigenvalue weighted by Crippen LogP contribution is 2.25. The van der Waals surface area contributed by atoms with E-state index in [1.807, 2.05) is 30.3 Å². The summed E-state index contributed by atoms with van der Waals surface area (Å²) in [5.41, 5.74) is 3.05. The van der Waals surface area contributed by atoms with Crippen LogP contribution in [0.2, 0.25) is 0 Å². The van der Waals surface area contributed by atoms with Gasteiger partial charge in [-0.2, -0.15) is 26.3 Å². The Balaban J connectivity index is 0.000000384. The monoisotopic (exact) mass is 619 g/mol. The number of carbonyl (C=O) groups excluding carboxylic acids is 2. The summed E-state index contributed by atoms with van der Waals surface area (Å²) in [5, 5.41) is 24.3. The SMILES string of the molecule is CC(NC(=O)[C@H]1C[C@H](c2ccccc2)CN1)C(=O)NCc1cc2ccncc2[nH]1.O=C(O)C(F)(F)F.O=C(O)C(F)(F)F. The van der Waals surface area contributed by atoms with Gasteiger partial charge < -0.3 is 31.1 Å². The second-order valence-electron chi connectivity index (χ2n) is 9.12. The lowest BCUT2D eigenvalue weighted by Crippen LogP contribution is -2.49. The van der Waals surface area contributed by atoms with Crippen LogP contribution in [-0.4, -0.2) is 74.9 Å². The molecule has 3 aromatic rings. The number of benzene rings is 1. The Bertz CT molecular complexity index is 1340. The highest BCUT2D eigenvalue weighted by molar-refractivity contribution is 5.89. The van der Waals surface area contributed by atoms with Gasteiger partial charge in [0.15, 0.2) is 0 Å². The van der Waals surface area contributed by atoms with E-state index in [9.17, 15) is 35.9 Å². The molecule has 0 spiro atoms. The number of fused-ring (bicyclic) bond motifs is 1. The van der Waals surface area contributed by atoms with Gasteiger partial charge in [0.2, 0.25) is 11.8 Å². The first-order chi connectivity index (χ1) is 20.0. The minimum absolute atomic E-state index is 0.136. The van der Waals surface area contributed by atoms with Gasteiger partial charge in [-0.1, -0.05) is 30.3 Å². The van der Waals surface area contributed by atoms with Crippen molar-refractivity contribution in [3.05, 3.63) is 66.1 Å². The van der Waals surface area contributed by atoms with E-state index in [0.717, 1.165) is 29.6 Å². The molecule has 1 aliphatic rings. The number of aromatic nitrogens is 2. The number of pyridine rings is 1. The molecule has 1 saturated heterocycles. The van der Waals surface area contributed by atoms with Gasteiger partial charge in [-0.25, -0.2) is 9.59 Å². The molecule has 1 unspecified atom stereocenters. The van der Waals surface area contributed by atoms with Crippen molar-refractivity contribution >= 4 is 34.7 Å². The number of hydrogen-bond acceptors (Lipinski definition) is 6. The number of nitrogens with one attached hydrogen (secondary N) is 4. The number of carboxylic acid groups (broad SMARTS) is 2. The fourth-order valence-corrected chi connectivity index (χ4v) is 3.76. The van der Waals surface area contributed by atoms with Crippen molar-refractivity contribution in [2.45, 2.75) is 50.2 Å². The maximum absolute atomic E-state index is 12.6. The minimum atomic E-state index is -5.08. The Morgan fingerprint density at radius 2 is 1.58 bits per heavy atom. The maximum Gasteiger partial charge on any atom is 0.490 e. The number of halogens is 6. The van der Waals surface area contributed by atoms with Gasteiger partial charge >= 0.3 is 24.3 Å². The Hall–Kier alpha value is -4.67. The predicted octanol–water partition coefficient (Wildman–Crippen LogP) is 3.10. The molecular weight excluding hydrogens is 592 g/mol. The summed E-state index contributed by atoms with van der Waals surface area (Å²) in [6.07, 6.45) is -5.95. The van der Waals surface area contributed by atoms with Crippen LogP contribution in [0.5, 0.6) is 0 Å². The molecule has 4 rings (SSSR count). The molecule has 43 heavy (non-hydrogen) atoms. The summed E-state index contributed by atoms with van der Waals surface area (Å²) in [7, 11) is 0. The van der Waals surface area contributed by atoms with E-state index in [1.54, 1.807) is 19.3 Å². The van der Waals surface area contributed by atoms with E-state index >= 15 is 0 Å². The molecule has 0 saturated carbocycles. The Kier molecular flexibility index (Phi) is 12.0. The minimum Gasteiger partial charge on any atom is -0.475 e. The van der Waals surface area contributed by atoms with Gasteiger partial charge in [0.1, 0.15) is 6.04 Å². The molecule has 3 heterocycles. The third-order valence-electron chi connectivity index (χ3n) is 5.89. The quantitative estimate of drug-likeness (QED) is 0.228. The molecule has 11 nitrogen and oxygen atoms in total. The molecule has 0 aliphatic carbocycles.